The third-order valence-electron chi connectivity index (χ3n) is 4.67. The fraction of sp³-hybridized carbons (Fsp3) is 0.375. The van der Waals surface area contributed by atoms with Gasteiger partial charge < -0.3 is 15.4 Å². The first kappa shape index (κ1) is 24.1. The Kier molecular flexibility index (Phi) is 7.55. The molecule has 0 amide bonds. The second kappa shape index (κ2) is 10.4. The molecule has 0 saturated carbocycles. The minimum atomic E-state index is -0.859. The molecule has 4 rings (SSSR count). The summed E-state index contributed by atoms with van der Waals surface area (Å²) >= 11 is 0. The summed E-state index contributed by atoms with van der Waals surface area (Å²) in [6.45, 7) is 10.1. The number of nitrogens with two attached hydrogens (primary N) is 1. The van der Waals surface area contributed by atoms with Crippen LogP contribution in [0.15, 0.2) is 53.6 Å². The molecule has 3 N–H and O–H groups in total. The van der Waals surface area contributed by atoms with Crippen molar-refractivity contribution < 1.29 is 9.63 Å². The van der Waals surface area contributed by atoms with Crippen LogP contribution < -0.4 is 5.73 Å². The van der Waals surface area contributed by atoms with E-state index in [-0.39, 0.29) is 11.9 Å². The number of rotatable bonds is 6. The van der Waals surface area contributed by atoms with Crippen molar-refractivity contribution in [3.8, 4) is 22.6 Å². The van der Waals surface area contributed by atoms with E-state index in [1.54, 1.807) is 43.3 Å². The van der Waals surface area contributed by atoms with Gasteiger partial charge in [0.15, 0.2) is 5.82 Å². The van der Waals surface area contributed by atoms with Crippen LogP contribution in [-0.2, 0) is 6.54 Å². The van der Waals surface area contributed by atoms with E-state index in [1.807, 2.05) is 31.2 Å². The average molecular weight is 450 g/mol. The van der Waals surface area contributed by atoms with Crippen molar-refractivity contribution >= 4 is 5.95 Å². The molecule has 0 bridgehead atoms. The predicted molar refractivity (Wildman–Crippen MR) is 127 cm³/mol. The lowest BCUT2D eigenvalue weighted by Gasteiger charge is -2.16. The van der Waals surface area contributed by atoms with Crippen LogP contribution in [0.1, 0.15) is 58.3 Å². The Hall–Kier alpha value is -3.59. The third-order valence-corrected chi connectivity index (χ3v) is 4.67. The smallest absolute Gasteiger partial charge is 0.261 e. The number of anilines is 1. The number of aromatic nitrogens is 6. The maximum atomic E-state index is 9.93. The molecular formula is C24H31N7O2. The predicted octanol–water partition coefficient (Wildman–Crippen LogP) is 4.31. The molecule has 0 spiro atoms. The lowest BCUT2D eigenvalue weighted by molar-refractivity contribution is 0.0577. The van der Waals surface area contributed by atoms with Crippen molar-refractivity contribution in [2.75, 3.05) is 5.73 Å². The first-order valence-corrected chi connectivity index (χ1v) is 11.0. The van der Waals surface area contributed by atoms with Crippen LogP contribution in [0.4, 0.5) is 5.95 Å². The van der Waals surface area contributed by atoms with Gasteiger partial charge in [-0.2, -0.15) is 10.1 Å². The highest BCUT2D eigenvalue weighted by molar-refractivity contribution is 5.62. The molecule has 0 saturated heterocycles. The summed E-state index contributed by atoms with van der Waals surface area (Å²) in [5.74, 6) is 1.19. The van der Waals surface area contributed by atoms with Gasteiger partial charge in [-0.15, -0.1) is 0 Å². The third kappa shape index (κ3) is 6.45. The molecule has 0 radical (unpaired) electrons. The van der Waals surface area contributed by atoms with Crippen molar-refractivity contribution in [2.24, 2.45) is 0 Å². The number of nitrogen functional groups attached to an aromatic ring is 1. The van der Waals surface area contributed by atoms with Crippen molar-refractivity contribution in [1.82, 2.24) is 29.9 Å². The maximum Gasteiger partial charge on any atom is 0.261 e. The number of hydrogen-bond acceptors (Lipinski definition) is 8. The molecular weight excluding hydrogens is 418 g/mol. The van der Waals surface area contributed by atoms with E-state index in [1.165, 1.54) is 6.42 Å². The number of nitrogens with zero attached hydrogens (tertiary/aromatic N) is 6. The van der Waals surface area contributed by atoms with Gasteiger partial charge in [0.1, 0.15) is 0 Å². The molecule has 9 heteroatoms. The van der Waals surface area contributed by atoms with Crippen LogP contribution in [0, 0.1) is 0 Å². The van der Waals surface area contributed by atoms with Crippen LogP contribution in [-0.4, -0.2) is 40.6 Å². The van der Waals surface area contributed by atoms with E-state index in [4.69, 9.17) is 10.3 Å². The summed E-state index contributed by atoms with van der Waals surface area (Å²) in [5, 5.41) is 18.3. The summed E-state index contributed by atoms with van der Waals surface area (Å²) in [5.41, 5.74) is 8.35. The molecule has 33 heavy (non-hydrogen) atoms. The van der Waals surface area contributed by atoms with Crippen LogP contribution in [0.3, 0.4) is 0 Å². The molecule has 3 heterocycles. The minimum absolute atomic E-state index is 0.0503. The van der Waals surface area contributed by atoms with Crippen LogP contribution in [0.5, 0.6) is 0 Å². The van der Waals surface area contributed by atoms with Crippen molar-refractivity contribution in [2.45, 2.75) is 59.1 Å². The zero-order chi connectivity index (χ0) is 24.0. The van der Waals surface area contributed by atoms with Crippen LogP contribution >= 0.6 is 0 Å². The largest absolute Gasteiger partial charge is 0.389 e. The molecule has 4 aromatic rings. The Morgan fingerprint density at radius 1 is 1.03 bits per heavy atom. The molecule has 9 nitrogen and oxygen atoms in total. The summed E-state index contributed by atoms with van der Waals surface area (Å²) in [6.07, 6.45) is 8.08. The Balaban J connectivity index is 0.000000968. The van der Waals surface area contributed by atoms with Crippen molar-refractivity contribution in [1.29, 1.82) is 0 Å². The Bertz CT molecular complexity index is 1140. The number of benzene rings is 1. The highest BCUT2D eigenvalue weighted by Crippen LogP contribution is 2.27. The topological polar surface area (TPSA) is 129 Å². The normalized spacial score (nSPS) is 12.2. The molecule has 1 atom stereocenters. The van der Waals surface area contributed by atoms with Crippen LogP contribution in [0.25, 0.3) is 22.6 Å². The average Bonchev–Trinajstić information content (AvgIpc) is 3.43. The number of aliphatic hydroxyl groups is 1. The SMILES string of the molecule is CC(c1ccc(-c2cnc(N)nc2)cc1)c1noc(-c2cnn(CC(C)(C)O)c2)n1.CCC. The van der Waals surface area contributed by atoms with Gasteiger partial charge in [-0.05, 0) is 25.0 Å². The van der Waals surface area contributed by atoms with E-state index >= 15 is 0 Å². The standard InChI is InChI=1S/C21H23N7O2.C3H8/c1-13(14-4-6-15(7-5-14)16-8-23-20(22)24-9-16)18-26-19(30-27-18)17-10-25-28(11-17)12-21(2,3)29;1-3-2/h4-11,13,29H,12H2,1-3H3,(H2,22,23,24);3H2,1-2H3. The fourth-order valence-electron chi connectivity index (χ4n) is 3.09. The number of hydrogen-bond donors (Lipinski definition) is 2. The van der Waals surface area contributed by atoms with Gasteiger partial charge in [-0.25, -0.2) is 9.97 Å². The summed E-state index contributed by atoms with van der Waals surface area (Å²) in [6, 6.07) is 8.05. The Morgan fingerprint density at radius 2 is 1.67 bits per heavy atom. The van der Waals surface area contributed by atoms with Gasteiger partial charge in [-0.3, -0.25) is 4.68 Å². The first-order chi connectivity index (χ1) is 15.7. The Morgan fingerprint density at radius 3 is 2.27 bits per heavy atom. The minimum Gasteiger partial charge on any atom is -0.389 e. The summed E-state index contributed by atoms with van der Waals surface area (Å²) < 4.78 is 7.09. The van der Waals surface area contributed by atoms with E-state index in [0.717, 1.165) is 16.7 Å². The molecule has 1 aromatic carbocycles. The van der Waals surface area contributed by atoms with E-state index in [0.29, 0.717) is 23.8 Å². The van der Waals surface area contributed by atoms with Gasteiger partial charge in [0.05, 0.1) is 23.9 Å². The van der Waals surface area contributed by atoms with E-state index in [2.05, 4.69) is 39.1 Å². The van der Waals surface area contributed by atoms with E-state index in [9.17, 15) is 5.11 Å². The molecule has 0 aliphatic heterocycles. The monoisotopic (exact) mass is 449 g/mol. The van der Waals surface area contributed by atoms with Gasteiger partial charge >= 0.3 is 0 Å². The zero-order valence-electron chi connectivity index (χ0n) is 19.7. The molecule has 0 aliphatic rings. The van der Waals surface area contributed by atoms with Crippen molar-refractivity contribution in [3.05, 3.63) is 60.4 Å². The molecule has 0 aliphatic carbocycles. The van der Waals surface area contributed by atoms with Crippen molar-refractivity contribution in [3.63, 3.8) is 0 Å². The molecule has 3 aromatic heterocycles. The maximum absolute atomic E-state index is 9.93. The van der Waals surface area contributed by atoms with Crippen LogP contribution in [0.2, 0.25) is 0 Å². The summed E-state index contributed by atoms with van der Waals surface area (Å²) in [4.78, 5) is 12.6. The highest BCUT2D eigenvalue weighted by atomic mass is 16.5. The second-order valence-electron chi connectivity index (χ2n) is 8.58. The lowest BCUT2D eigenvalue weighted by atomic mass is 9.98. The molecule has 0 fully saturated rings. The van der Waals surface area contributed by atoms with Gasteiger partial charge in [0, 0.05) is 30.1 Å². The lowest BCUT2D eigenvalue weighted by Crippen LogP contribution is -2.26. The first-order valence-electron chi connectivity index (χ1n) is 11.0. The van der Waals surface area contributed by atoms with Gasteiger partial charge in [0.25, 0.3) is 5.89 Å². The summed E-state index contributed by atoms with van der Waals surface area (Å²) in [7, 11) is 0. The molecule has 174 valence electrons. The highest BCUT2D eigenvalue weighted by Gasteiger charge is 2.19. The van der Waals surface area contributed by atoms with Gasteiger partial charge in [-0.1, -0.05) is 56.6 Å². The Labute approximate surface area is 193 Å². The fourth-order valence-corrected chi connectivity index (χ4v) is 3.09. The van der Waals surface area contributed by atoms with Gasteiger partial charge in [0.2, 0.25) is 5.95 Å². The quantitative estimate of drug-likeness (QED) is 0.445. The zero-order valence-corrected chi connectivity index (χ0v) is 19.7. The molecule has 1 unspecified atom stereocenters. The second-order valence-corrected chi connectivity index (χ2v) is 8.58. The van der Waals surface area contributed by atoms with E-state index < -0.39 is 5.60 Å².